The molecular weight excluding hydrogens is 210 g/mol. The summed E-state index contributed by atoms with van der Waals surface area (Å²) >= 11 is 0. The second-order valence-electron chi connectivity index (χ2n) is 5.56. The number of nitrogens with one attached hydrogen (secondary N) is 1. The van der Waals surface area contributed by atoms with Crippen LogP contribution in [0.25, 0.3) is 0 Å². The highest BCUT2D eigenvalue weighted by Gasteiger charge is 2.24. The molecule has 1 aromatic rings. The highest BCUT2D eigenvalue weighted by molar-refractivity contribution is 5.62. The van der Waals surface area contributed by atoms with Gasteiger partial charge in [0.2, 0.25) is 0 Å². The molecule has 3 unspecified atom stereocenters. The third kappa shape index (κ3) is 2.90. The predicted octanol–water partition coefficient (Wildman–Crippen LogP) is 3.21. The molecule has 0 spiro atoms. The van der Waals surface area contributed by atoms with E-state index in [1.165, 1.54) is 19.3 Å². The van der Waals surface area contributed by atoms with Crippen LogP contribution in [0.15, 0.2) is 12.3 Å². The molecule has 1 fully saturated rings. The number of aromatic nitrogens is 1. The molecule has 0 saturated heterocycles. The van der Waals surface area contributed by atoms with Crippen LogP contribution in [0.2, 0.25) is 0 Å². The number of pyridine rings is 1. The highest BCUT2D eigenvalue weighted by atomic mass is 15.0. The topological polar surface area (TPSA) is 50.9 Å². The Labute approximate surface area is 104 Å². The Morgan fingerprint density at radius 3 is 2.71 bits per heavy atom. The van der Waals surface area contributed by atoms with Gasteiger partial charge in [-0.2, -0.15) is 0 Å². The fourth-order valence-corrected chi connectivity index (χ4v) is 2.58. The standard InChI is InChI=1S/C14H23N3/c1-9-6-13(15)14(16-8-9)17-12-5-4-10(2)11(3)7-12/h6,8,10-12H,4-5,7,15H2,1-3H3,(H,16,17). The van der Waals surface area contributed by atoms with Gasteiger partial charge in [-0.1, -0.05) is 13.8 Å². The third-order valence-electron chi connectivity index (χ3n) is 3.99. The van der Waals surface area contributed by atoms with E-state index in [4.69, 9.17) is 5.73 Å². The van der Waals surface area contributed by atoms with Crippen molar-refractivity contribution in [1.82, 2.24) is 4.98 Å². The van der Waals surface area contributed by atoms with Crippen molar-refractivity contribution < 1.29 is 0 Å². The molecule has 0 bridgehead atoms. The second kappa shape index (κ2) is 4.94. The van der Waals surface area contributed by atoms with Crippen molar-refractivity contribution in [3.63, 3.8) is 0 Å². The van der Waals surface area contributed by atoms with Gasteiger partial charge in [-0.05, 0) is 49.7 Å². The average molecular weight is 233 g/mol. The molecular formula is C14H23N3. The molecule has 3 atom stereocenters. The molecule has 1 aliphatic rings. The zero-order valence-corrected chi connectivity index (χ0v) is 11.0. The van der Waals surface area contributed by atoms with Gasteiger partial charge in [0, 0.05) is 12.2 Å². The first-order valence-corrected chi connectivity index (χ1v) is 6.55. The number of nitrogens with zero attached hydrogens (tertiary/aromatic N) is 1. The molecule has 1 aromatic heterocycles. The minimum Gasteiger partial charge on any atom is -0.396 e. The summed E-state index contributed by atoms with van der Waals surface area (Å²) in [7, 11) is 0. The van der Waals surface area contributed by atoms with Gasteiger partial charge < -0.3 is 11.1 Å². The van der Waals surface area contributed by atoms with E-state index in [2.05, 4.69) is 24.1 Å². The number of anilines is 2. The summed E-state index contributed by atoms with van der Waals surface area (Å²) in [6, 6.07) is 2.50. The first-order valence-electron chi connectivity index (χ1n) is 6.55. The van der Waals surface area contributed by atoms with Crippen molar-refractivity contribution in [2.24, 2.45) is 11.8 Å². The molecule has 2 rings (SSSR count). The van der Waals surface area contributed by atoms with E-state index < -0.39 is 0 Å². The van der Waals surface area contributed by atoms with Crippen LogP contribution in [0.3, 0.4) is 0 Å². The van der Waals surface area contributed by atoms with Crippen molar-refractivity contribution >= 4 is 11.5 Å². The summed E-state index contributed by atoms with van der Waals surface area (Å²) in [5.74, 6) is 2.48. The summed E-state index contributed by atoms with van der Waals surface area (Å²) < 4.78 is 0. The number of hydrogen-bond acceptors (Lipinski definition) is 3. The minimum absolute atomic E-state index is 0.527. The second-order valence-corrected chi connectivity index (χ2v) is 5.56. The first kappa shape index (κ1) is 12.2. The van der Waals surface area contributed by atoms with Gasteiger partial charge in [-0.15, -0.1) is 0 Å². The number of hydrogen-bond donors (Lipinski definition) is 2. The summed E-state index contributed by atoms with van der Waals surface area (Å²) in [6.45, 7) is 6.70. The van der Waals surface area contributed by atoms with E-state index in [-0.39, 0.29) is 0 Å². The van der Waals surface area contributed by atoms with Gasteiger partial charge in [-0.3, -0.25) is 0 Å². The monoisotopic (exact) mass is 233 g/mol. The van der Waals surface area contributed by atoms with Gasteiger partial charge >= 0.3 is 0 Å². The molecule has 1 saturated carbocycles. The lowest BCUT2D eigenvalue weighted by Crippen LogP contribution is -2.30. The Hall–Kier alpha value is -1.25. The SMILES string of the molecule is Cc1cnc(NC2CCC(C)C(C)C2)c(N)c1. The van der Waals surface area contributed by atoms with Crippen molar-refractivity contribution in [3.05, 3.63) is 17.8 Å². The molecule has 0 amide bonds. The lowest BCUT2D eigenvalue weighted by atomic mass is 9.79. The van der Waals surface area contributed by atoms with Crippen LogP contribution in [0, 0.1) is 18.8 Å². The van der Waals surface area contributed by atoms with E-state index in [0.29, 0.717) is 6.04 Å². The Balaban J connectivity index is 2.01. The van der Waals surface area contributed by atoms with E-state index >= 15 is 0 Å². The maximum atomic E-state index is 5.98. The molecule has 1 heterocycles. The van der Waals surface area contributed by atoms with E-state index in [1.807, 2.05) is 19.2 Å². The van der Waals surface area contributed by atoms with Crippen LogP contribution in [-0.4, -0.2) is 11.0 Å². The highest BCUT2D eigenvalue weighted by Crippen LogP contribution is 2.31. The number of aryl methyl sites for hydroxylation is 1. The fraction of sp³-hybridized carbons (Fsp3) is 0.643. The van der Waals surface area contributed by atoms with Crippen molar-refractivity contribution in [2.75, 3.05) is 11.1 Å². The summed E-state index contributed by atoms with van der Waals surface area (Å²) in [5.41, 5.74) is 7.85. The predicted molar refractivity (Wildman–Crippen MR) is 73.0 cm³/mol. The van der Waals surface area contributed by atoms with Gasteiger partial charge in [0.25, 0.3) is 0 Å². The lowest BCUT2D eigenvalue weighted by molar-refractivity contribution is 0.260. The van der Waals surface area contributed by atoms with Gasteiger partial charge in [-0.25, -0.2) is 4.98 Å². The van der Waals surface area contributed by atoms with Gasteiger partial charge in [0.05, 0.1) is 5.69 Å². The molecule has 0 radical (unpaired) electrons. The summed E-state index contributed by atoms with van der Waals surface area (Å²) in [4.78, 5) is 4.38. The van der Waals surface area contributed by atoms with Crippen molar-refractivity contribution in [2.45, 2.75) is 46.1 Å². The lowest BCUT2D eigenvalue weighted by Gasteiger charge is -2.33. The summed E-state index contributed by atoms with van der Waals surface area (Å²) in [5, 5.41) is 3.49. The number of rotatable bonds is 2. The Morgan fingerprint density at radius 2 is 2.06 bits per heavy atom. The van der Waals surface area contributed by atoms with Crippen LogP contribution < -0.4 is 11.1 Å². The summed E-state index contributed by atoms with van der Waals surface area (Å²) in [6.07, 6.45) is 5.61. The third-order valence-corrected chi connectivity index (χ3v) is 3.99. The van der Waals surface area contributed by atoms with Crippen LogP contribution in [0.4, 0.5) is 11.5 Å². The largest absolute Gasteiger partial charge is 0.396 e. The molecule has 1 aliphatic carbocycles. The van der Waals surface area contributed by atoms with E-state index in [1.54, 1.807) is 0 Å². The molecule has 17 heavy (non-hydrogen) atoms. The molecule has 0 aliphatic heterocycles. The molecule has 3 heteroatoms. The quantitative estimate of drug-likeness (QED) is 0.824. The van der Waals surface area contributed by atoms with Crippen LogP contribution in [-0.2, 0) is 0 Å². The van der Waals surface area contributed by atoms with Crippen LogP contribution in [0.5, 0.6) is 0 Å². The van der Waals surface area contributed by atoms with E-state index in [0.717, 1.165) is 28.9 Å². The van der Waals surface area contributed by atoms with E-state index in [9.17, 15) is 0 Å². The average Bonchev–Trinajstić information content (AvgIpc) is 2.27. The van der Waals surface area contributed by atoms with Crippen LogP contribution in [0.1, 0.15) is 38.7 Å². The fourth-order valence-electron chi connectivity index (χ4n) is 2.58. The first-order chi connectivity index (χ1) is 8.06. The molecule has 94 valence electrons. The molecule has 3 nitrogen and oxygen atoms in total. The van der Waals surface area contributed by atoms with Crippen molar-refractivity contribution in [1.29, 1.82) is 0 Å². The van der Waals surface area contributed by atoms with Gasteiger partial charge in [0.15, 0.2) is 0 Å². The maximum Gasteiger partial charge on any atom is 0.149 e. The minimum atomic E-state index is 0.527. The maximum absolute atomic E-state index is 5.98. The zero-order valence-electron chi connectivity index (χ0n) is 11.0. The molecule has 0 aromatic carbocycles. The normalized spacial score (nSPS) is 29.0. The van der Waals surface area contributed by atoms with Gasteiger partial charge in [0.1, 0.15) is 5.82 Å². The van der Waals surface area contributed by atoms with Crippen molar-refractivity contribution in [3.8, 4) is 0 Å². The molecule has 3 N–H and O–H groups in total. The smallest absolute Gasteiger partial charge is 0.149 e. The zero-order chi connectivity index (χ0) is 12.4. The number of nitrogen functional groups attached to an aromatic ring is 1. The Bertz CT molecular complexity index is 389. The Kier molecular flexibility index (Phi) is 3.55. The number of nitrogens with two attached hydrogens (primary N) is 1. The Morgan fingerprint density at radius 1 is 1.29 bits per heavy atom. The van der Waals surface area contributed by atoms with Crippen LogP contribution >= 0.6 is 0 Å².